The van der Waals surface area contributed by atoms with Crippen molar-refractivity contribution >= 4 is 33.5 Å². The van der Waals surface area contributed by atoms with Gasteiger partial charge in [-0.05, 0) is 42.7 Å². The zero-order valence-electron chi connectivity index (χ0n) is 9.65. The molecule has 2 N–H and O–H groups in total. The summed E-state index contributed by atoms with van der Waals surface area (Å²) < 4.78 is 0. The standard InChI is InChI=1S/C14H12ClN2O/c15-13-6-4-10-11-8-9(2-1-7-18)3-5-12(11)16-14(10)17-13/h1,3-6,8,18H,2,7H2,(H,16,17). The number of halogens is 1. The minimum absolute atomic E-state index is 0.100. The van der Waals surface area contributed by atoms with Crippen molar-refractivity contribution in [3.05, 3.63) is 47.5 Å². The average molecular weight is 260 g/mol. The Balaban J connectivity index is 2.16. The van der Waals surface area contributed by atoms with Crippen molar-refractivity contribution in [3.8, 4) is 0 Å². The molecule has 0 fully saturated rings. The molecule has 0 aliphatic heterocycles. The number of nitrogens with one attached hydrogen (secondary N) is 1. The number of aliphatic hydroxyl groups excluding tert-OH is 1. The van der Waals surface area contributed by atoms with Crippen LogP contribution in [0.1, 0.15) is 5.56 Å². The van der Waals surface area contributed by atoms with Crippen molar-refractivity contribution in [1.82, 2.24) is 9.97 Å². The third kappa shape index (κ3) is 1.96. The summed E-state index contributed by atoms with van der Waals surface area (Å²) >= 11 is 5.88. The van der Waals surface area contributed by atoms with E-state index in [0.717, 1.165) is 28.4 Å². The van der Waals surface area contributed by atoms with E-state index in [1.165, 1.54) is 5.56 Å². The first-order valence-corrected chi connectivity index (χ1v) is 6.15. The van der Waals surface area contributed by atoms with Gasteiger partial charge < -0.3 is 10.1 Å². The molecule has 3 nitrogen and oxygen atoms in total. The molecule has 0 atom stereocenters. The topological polar surface area (TPSA) is 48.9 Å². The number of nitrogens with zero attached hydrogens (tertiary/aromatic N) is 1. The number of rotatable bonds is 3. The normalized spacial score (nSPS) is 11.4. The van der Waals surface area contributed by atoms with Crippen LogP contribution in [0.15, 0.2) is 30.3 Å². The van der Waals surface area contributed by atoms with Gasteiger partial charge in [-0.1, -0.05) is 17.7 Å². The molecule has 0 saturated carbocycles. The van der Waals surface area contributed by atoms with Crippen LogP contribution in [0.25, 0.3) is 21.9 Å². The zero-order valence-corrected chi connectivity index (χ0v) is 10.4. The molecular weight excluding hydrogens is 248 g/mol. The molecule has 18 heavy (non-hydrogen) atoms. The number of benzene rings is 1. The molecule has 1 radical (unpaired) electrons. The van der Waals surface area contributed by atoms with E-state index in [4.69, 9.17) is 16.7 Å². The number of pyridine rings is 1. The predicted molar refractivity (Wildman–Crippen MR) is 73.7 cm³/mol. The fourth-order valence-corrected chi connectivity index (χ4v) is 2.30. The highest BCUT2D eigenvalue weighted by molar-refractivity contribution is 6.30. The zero-order chi connectivity index (χ0) is 12.5. The Kier molecular flexibility index (Phi) is 2.94. The lowest BCUT2D eigenvalue weighted by Gasteiger charge is -1.99. The van der Waals surface area contributed by atoms with E-state index in [1.54, 1.807) is 6.07 Å². The highest BCUT2D eigenvalue weighted by Crippen LogP contribution is 2.26. The van der Waals surface area contributed by atoms with Gasteiger partial charge in [-0.25, -0.2) is 4.98 Å². The Morgan fingerprint density at radius 2 is 2.11 bits per heavy atom. The molecule has 0 bridgehead atoms. The molecule has 4 heteroatoms. The Morgan fingerprint density at radius 3 is 2.94 bits per heavy atom. The van der Waals surface area contributed by atoms with Gasteiger partial charge in [-0.2, -0.15) is 0 Å². The van der Waals surface area contributed by atoms with E-state index >= 15 is 0 Å². The van der Waals surface area contributed by atoms with Gasteiger partial charge in [0, 0.05) is 22.9 Å². The molecule has 2 aromatic heterocycles. The number of aromatic amines is 1. The summed E-state index contributed by atoms with van der Waals surface area (Å²) in [5, 5.41) is 11.5. The second-order valence-corrected chi connectivity index (χ2v) is 4.60. The van der Waals surface area contributed by atoms with Gasteiger partial charge in [-0.3, -0.25) is 0 Å². The van der Waals surface area contributed by atoms with Crippen molar-refractivity contribution in [3.63, 3.8) is 0 Å². The minimum Gasteiger partial charge on any atom is -0.396 e. The van der Waals surface area contributed by atoms with Crippen molar-refractivity contribution in [2.75, 3.05) is 6.61 Å². The summed E-state index contributed by atoms with van der Waals surface area (Å²) in [5.74, 6) is 0. The maximum atomic E-state index is 8.82. The molecule has 0 aliphatic carbocycles. The first kappa shape index (κ1) is 11.5. The van der Waals surface area contributed by atoms with Crippen molar-refractivity contribution in [1.29, 1.82) is 0 Å². The second-order valence-electron chi connectivity index (χ2n) is 4.21. The van der Waals surface area contributed by atoms with E-state index in [-0.39, 0.29) is 6.61 Å². The van der Waals surface area contributed by atoms with Gasteiger partial charge in [-0.15, -0.1) is 0 Å². The number of aromatic nitrogens is 2. The Morgan fingerprint density at radius 1 is 1.22 bits per heavy atom. The lowest BCUT2D eigenvalue weighted by Crippen LogP contribution is -1.89. The first-order chi connectivity index (χ1) is 8.78. The summed E-state index contributed by atoms with van der Waals surface area (Å²) in [7, 11) is 0. The fourth-order valence-electron chi connectivity index (χ4n) is 2.16. The summed E-state index contributed by atoms with van der Waals surface area (Å²) in [5.41, 5.74) is 3.03. The smallest absolute Gasteiger partial charge is 0.140 e. The predicted octanol–water partition coefficient (Wildman–Crippen LogP) is 3.11. The van der Waals surface area contributed by atoms with Crippen LogP contribution in [0.2, 0.25) is 5.15 Å². The van der Waals surface area contributed by atoms with Crippen molar-refractivity contribution in [2.45, 2.75) is 6.42 Å². The van der Waals surface area contributed by atoms with Gasteiger partial charge in [0.15, 0.2) is 0 Å². The van der Waals surface area contributed by atoms with Gasteiger partial charge >= 0.3 is 0 Å². The molecule has 0 amide bonds. The third-order valence-electron chi connectivity index (χ3n) is 3.00. The SMILES string of the molecule is OC[CH]Cc1ccc2[nH]c3nc(Cl)ccc3c2c1. The lowest BCUT2D eigenvalue weighted by molar-refractivity contribution is 0.325. The van der Waals surface area contributed by atoms with Crippen molar-refractivity contribution < 1.29 is 5.11 Å². The highest BCUT2D eigenvalue weighted by Gasteiger charge is 2.06. The maximum absolute atomic E-state index is 8.82. The minimum atomic E-state index is 0.100. The summed E-state index contributed by atoms with van der Waals surface area (Å²) in [6, 6.07) is 9.97. The molecule has 0 spiro atoms. The highest BCUT2D eigenvalue weighted by atomic mass is 35.5. The van der Waals surface area contributed by atoms with Crippen LogP contribution in [-0.2, 0) is 6.42 Å². The first-order valence-electron chi connectivity index (χ1n) is 5.77. The third-order valence-corrected chi connectivity index (χ3v) is 3.21. The molecule has 91 valence electrons. The molecule has 2 heterocycles. The van der Waals surface area contributed by atoms with Crippen LogP contribution in [0.4, 0.5) is 0 Å². The van der Waals surface area contributed by atoms with Gasteiger partial charge in [0.25, 0.3) is 0 Å². The molecule has 0 saturated heterocycles. The van der Waals surface area contributed by atoms with Crippen LogP contribution in [0.3, 0.4) is 0 Å². The van der Waals surface area contributed by atoms with E-state index in [9.17, 15) is 0 Å². The molecule has 0 unspecified atom stereocenters. The Hall–Kier alpha value is -1.58. The van der Waals surface area contributed by atoms with Crippen LogP contribution in [-0.4, -0.2) is 21.7 Å². The van der Waals surface area contributed by atoms with Crippen LogP contribution < -0.4 is 0 Å². The quantitative estimate of drug-likeness (QED) is 0.710. The monoisotopic (exact) mass is 259 g/mol. The summed E-state index contributed by atoms with van der Waals surface area (Å²) in [4.78, 5) is 7.51. The fraction of sp³-hybridized carbons (Fsp3) is 0.143. The summed E-state index contributed by atoms with van der Waals surface area (Å²) in [6.07, 6.45) is 2.60. The number of fused-ring (bicyclic) bond motifs is 3. The van der Waals surface area contributed by atoms with Gasteiger partial charge in [0.2, 0.25) is 0 Å². The van der Waals surface area contributed by atoms with E-state index < -0.39 is 0 Å². The summed E-state index contributed by atoms with van der Waals surface area (Å²) in [6.45, 7) is 0.100. The second kappa shape index (κ2) is 4.59. The lowest BCUT2D eigenvalue weighted by atomic mass is 10.1. The van der Waals surface area contributed by atoms with Crippen LogP contribution in [0.5, 0.6) is 0 Å². The van der Waals surface area contributed by atoms with E-state index in [0.29, 0.717) is 5.15 Å². The number of hydrogen-bond donors (Lipinski definition) is 2. The maximum Gasteiger partial charge on any atom is 0.140 e. The molecule has 1 aromatic carbocycles. The molecular formula is C14H12ClN2O. The largest absolute Gasteiger partial charge is 0.396 e. The molecule has 3 rings (SSSR count). The van der Waals surface area contributed by atoms with E-state index in [2.05, 4.69) is 16.0 Å². The van der Waals surface area contributed by atoms with Gasteiger partial charge in [0.1, 0.15) is 10.8 Å². The van der Waals surface area contributed by atoms with Crippen LogP contribution in [0, 0.1) is 6.42 Å². The number of aliphatic hydroxyl groups is 1. The number of H-pyrrole nitrogens is 1. The van der Waals surface area contributed by atoms with Crippen LogP contribution >= 0.6 is 11.6 Å². The van der Waals surface area contributed by atoms with Crippen molar-refractivity contribution in [2.24, 2.45) is 0 Å². The Bertz CT molecular complexity index is 705. The average Bonchev–Trinajstić information content (AvgIpc) is 2.72. The van der Waals surface area contributed by atoms with E-state index in [1.807, 2.05) is 24.6 Å². The molecule has 0 aliphatic rings. The number of hydrogen-bond acceptors (Lipinski definition) is 2. The van der Waals surface area contributed by atoms with Gasteiger partial charge in [0.05, 0.1) is 0 Å². The molecule has 3 aromatic rings. The Labute approximate surface area is 109 Å².